The molecule has 0 radical (unpaired) electrons. The fourth-order valence-electron chi connectivity index (χ4n) is 1.44. The van der Waals surface area contributed by atoms with Crippen LogP contribution in [0.5, 0.6) is 0 Å². The molecule has 0 bridgehead atoms. The molecule has 84 valence electrons. The lowest BCUT2D eigenvalue weighted by Crippen LogP contribution is -2.19. The number of halogens is 2. The molecule has 3 heteroatoms. The summed E-state index contributed by atoms with van der Waals surface area (Å²) in [4.78, 5) is 0. The van der Waals surface area contributed by atoms with Gasteiger partial charge in [-0.15, -0.1) is 0 Å². The molecule has 0 aromatic heterocycles. The van der Waals surface area contributed by atoms with Crippen LogP contribution in [-0.2, 0) is 6.42 Å². The minimum Gasteiger partial charge on any atom is -0.393 e. The van der Waals surface area contributed by atoms with Gasteiger partial charge in [-0.05, 0) is 30.0 Å². The van der Waals surface area contributed by atoms with Gasteiger partial charge < -0.3 is 5.11 Å². The second-order valence-electron chi connectivity index (χ2n) is 3.93. The predicted molar refractivity (Wildman–Crippen MR) is 55.5 cm³/mol. The Bertz CT molecular complexity index is 305. The van der Waals surface area contributed by atoms with Crippen molar-refractivity contribution >= 4 is 0 Å². The van der Waals surface area contributed by atoms with E-state index in [4.69, 9.17) is 0 Å². The molecule has 2 atom stereocenters. The Labute approximate surface area is 88.7 Å². The van der Waals surface area contributed by atoms with Gasteiger partial charge in [0.05, 0.1) is 6.10 Å². The molecule has 0 saturated heterocycles. The van der Waals surface area contributed by atoms with Crippen LogP contribution < -0.4 is 0 Å². The molecule has 2 unspecified atom stereocenters. The Balaban J connectivity index is 2.72. The highest BCUT2D eigenvalue weighted by Gasteiger charge is 2.13. The van der Waals surface area contributed by atoms with Gasteiger partial charge in [0.2, 0.25) is 0 Å². The van der Waals surface area contributed by atoms with Gasteiger partial charge in [0.15, 0.2) is 0 Å². The molecule has 1 nitrogen and oxygen atoms in total. The number of hydrogen-bond donors (Lipinski definition) is 1. The first-order valence-corrected chi connectivity index (χ1v) is 5.16. The van der Waals surface area contributed by atoms with Crippen LogP contribution in [-0.4, -0.2) is 11.2 Å². The average molecular weight is 214 g/mol. The largest absolute Gasteiger partial charge is 0.393 e. The van der Waals surface area contributed by atoms with Crippen molar-refractivity contribution in [3.63, 3.8) is 0 Å². The molecule has 15 heavy (non-hydrogen) atoms. The molecule has 0 fully saturated rings. The van der Waals surface area contributed by atoms with Crippen molar-refractivity contribution in [2.45, 2.75) is 32.8 Å². The van der Waals surface area contributed by atoms with E-state index >= 15 is 0 Å². The monoisotopic (exact) mass is 214 g/mol. The van der Waals surface area contributed by atoms with Crippen LogP contribution in [0.4, 0.5) is 8.78 Å². The van der Waals surface area contributed by atoms with Crippen LogP contribution in [0.1, 0.15) is 25.8 Å². The maximum atomic E-state index is 12.8. The molecule has 1 aromatic rings. The molecule has 0 aliphatic carbocycles. The molecule has 0 aliphatic rings. The third kappa shape index (κ3) is 3.59. The standard InChI is InChI=1S/C12H16F2O/c1-3-8(2)12(15)6-9-4-10(13)7-11(14)5-9/h4-5,7-8,12,15H,3,6H2,1-2H3. The lowest BCUT2D eigenvalue weighted by molar-refractivity contribution is 0.114. The van der Waals surface area contributed by atoms with E-state index in [1.54, 1.807) is 0 Å². The van der Waals surface area contributed by atoms with E-state index < -0.39 is 17.7 Å². The number of rotatable bonds is 4. The van der Waals surface area contributed by atoms with Crippen molar-refractivity contribution in [3.05, 3.63) is 35.4 Å². The predicted octanol–water partition coefficient (Wildman–Crippen LogP) is 2.91. The summed E-state index contributed by atoms with van der Waals surface area (Å²) in [6.45, 7) is 3.89. The molecule has 0 heterocycles. The Morgan fingerprint density at radius 1 is 1.20 bits per heavy atom. The highest BCUT2D eigenvalue weighted by atomic mass is 19.1. The van der Waals surface area contributed by atoms with E-state index in [9.17, 15) is 13.9 Å². The molecule has 1 aromatic carbocycles. The van der Waals surface area contributed by atoms with E-state index in [1.807, 2.05) is 13.8 Å². The third-order valence-electron chi connectivity index (χ3n) is 2.67. The Morgan fingerprint density at radius 2 is 1.73 bits per heavy atom. The summed E-state index contributed by atoms with van der Waals surface area (Å²) in [6.07, 6.45) is 0.596. The fourth-order valence-corrected chi connectivity index (χ4v) is 1.44. The second-order valence-corrected chi connectivity index (χ2v) is 3.93. The van der Waals surface area contributed by atoms with Gasteiger partial charge in [-0.2, -0.15) is 0 Å². The van der Waals surface area contributed by atoms with Crippen molar-refractivity contribution in [1.29, 1.82) is 0 Å². The zero-order valence-corrected chi connectivity index (χ0v) is 9.00. The van der Waals surface area contributed by atoms with Crippen molar-refractivity contribution in [1.82, 2.24) is 0 Å². The molecule has 0 amide bonds. The molecule has 1 rings (SSSR count). The number of aliphatic hydroxyl groups is 1. The maximum Gasteiger partial charge on any atom is 0.126 e. The first-order chi connectivity index (χ1) is 7.02. The first kappa shape index (κ1) is 12.1. The van der Waals surface area contributed by atoms with Gasteiger partial charge in [0.25, 0.3) is 0 Å². The second kappa shape index (κ2) is 5.21. The van der Waals surface area contributed by atoms with Gasteiger partial charge in [-0.25, -0.2) is 8.78 Å². The summed E-state index contributed by atoms with van der Waals surface area (Å²) in [5.74, 6) is -1.06. The number of hydrogen-bond acceptors (Lipinski definition) is 1. The Kier molecular flexibility index (Phi) is 4.21. The molecule has 0 aliphatic heterocycles. The van der Waals surface area contributed by atoms with Crippen molar-refractivity contribution in [2.24, 2.45) is 5.92 Å². The van der Waals surface area contributed by atoms with Gasteiger partial charge in [-0.3, -0.25) is 0 Å². The Hall–Kier alpha value is -0.960. The maximum absolute atomic E-state index is 12.8. The molecular formula is C12H16F2O. The van der Waals surface area contributed by atoms with Crippen LogP contribution in [0.3, 0.4) is 0 Å². The van der Waals surface area contributed by atoms with Crippen molar-refractivity contribution in [3.8, 4) is 0 Å². The fraction of sp³-hybridized carbons (Fsp3) is 0.500. The van der Waals surface area contributed by atoms with Gasteiger partial charge in [-0.1, -0.05) is 20.3 Å². The molecule has 1 N–H and O–H groups in total. The minimum absolute atomic E-state index is 0.135. The Morgan fingerprint density at radius 3 is 2.20 bits per heavy atom. The highest BCUT2D eigenvalue weighted by Crippen LogP contribution is 2.15. The van der Waals surface area contributed by atoms with Gasteiger partial charge >= 0.3 is 0 Å². The van der Waals surface area contributed by atoms with Crippen molar-refractivity contribution in [2.75, 3.05) is 0 Å². The third-order valence-corrected chi connectivity index (χ3v) is 2.67. The first-order valence-electron chi connectivity index (χ1n) is 5.16. The topological polar surface area (TPSA) is 20.2 Å². The van der Waals surface area contributed by atoms with E-state index in [0.717, 1.165) is 12.5 Å². The molecular weight excluding hydrogens is 198 g/mol. The van der Waals surface area contributed by atoms with Crippen LogP contribution in [0, 0.1) is 17.6 Å². The van der Waals surface area contributed by atoms with Crippen LogP contribution >= 0.6 is 0 Å². The van der Waals surface area contributed by atoms with Crippen molar-refractivity contribution < 1.29 is 13.9 Å². The SMILES string of the molecule is CCC(C)C(O)Cc1cc(F)cc(F)c1. The summed E-state index contributed by atoms with van der Waals surface area (Å²) in [7, 11) is 0. The normalized spacial score (nSPS) is 15.0. The summed E-state index contributed by atoms with van der Waals surface area (Å²) in [6, 6.07) is 3.35. The van der Waals surface area contributed by atoms with Gasteiger partial charge in [0, 0.05) is 6.07 Å². The summed E-state index contributed by atoms with van der Waals surface area (Å²) in [5, 5.41) is 9.71. The van der Waals surface area contributed by atoms with Crippen LogP contribution in [0.15, 0.2) is 18.2 Å². The highest BCUT2D eigenvalue weighted by molar-refractivity contribution is 5.18. The number of benzene rings is 1. The minimum atomic E-state index is -0.596. The molecule has 0 spiro atoms. The van der Waals surface area contributed by atoms with E-state index in [-0.39, 0.29) is 5.92 Å². The lowest BCUT2D eigenvalue weighted by Gasteiger charge is -2.17. The quantitative estimate of drug-likeness (QED) is 0.817. The summed E-state index contributed by atoms with van der Waals surface area (Å²) >= 11 is 0. The van der Waals surface area contributed by atoms with Crippen LogP contribution in [0.25, 0.3) is 0 Å². The van der Waals surface area contributed by atoms with Gasteiger partial charge in [0.1, 0.15) is 11.6 Å². The zero-order valence-electron chi connectivity index (χ0n) is 9.00. The number of aliphatic hydroxyl groups excluding tert-OH is 1. The smallest absolute Gasteiger partial charge is 0.126 e. The average Bonchev–Trinajstić information content (AvgIpc) is 2.14. The van der Waals surface area contributed by atoms with E-state index in [0.29, 0.717) is 12.0 Å². The van der Waals surface area contributed by atoms with E-state index in [2.05, 4.69) is 0 Å². The lowest BCUT2D eigenvalue weighted by atomic mass is 9.96. The van der Waals surface area contributed by atoms with E-state index in [1.165, 1.54) is 12.1 Å². The molecule has 0 saturated carbocycles. The van der Waals surface area contributed by atoms with Crippen LogP contribution in [0.2, 0.25) is 0 Å². The summed E-state index contributed by atoms with van der Waals surface area (Å²) < 4.78 is 25.7. The zero-order chi connectivity index (χ0) is 11.4. The summed E-state index contributed by atoms with van der Waals surface area (Å²) in [5.41, 5.74) is 0.500.